The number of carbonyl (C=O) groups is 3. The Balaban J connectivity index is 1.50. The number of hydrogen-bond donors (Lipinski definition) is 0. The summed E-state index contributed by atoms with van der Waals surface area (Å²) in [5.41, 5.74) is -1.34. The molecule has 1 aromatic carbocycles. The van der Waals surface area contributed by atoms with E-state index in [2.05, 4.69) is 4.98 Å². The fourth-order valence-electron chi connectivity index (χ4n) is 5.67. The highest BCUT2D eigenvalue weighted by molar-refractivity contribution is 7.09. The lowest BCUT2D eigenvalue weighted by molar-refractivity contribution is -0.145. The van der Waals surface area contributed by atoms with Gasteiger partial charge in [0.05, 0.1) is 11.5 Å². The first kappa shape index (κ1) is 21.2. The van der Waals surface area contributed by atoms with Gasteiger partial charge in [-0.15, -0.1) is 11.3 Å². The number of aromatic nitrogens is 1. The van der Waals surface area contributed by atoms with E-state index in [1.165, 1.54) is 22.3 Å². The van der Waals surface area contributed by atoms with Crippen molar-refractivity contribution in [1.82, 2.24) is 14.8 Å². The van der Waals surface area contributed by atoms with Crippen molar-refractivity contribution in [3.05, 3.63) is 52.2 Å². The third-order valence-corrected chi connectivity index (χ3v) is 8.07. The summed E-state index contributed by atoms with van der Waals surface area (Å²) < 4.78 is 15.0. The summed E-state index contributed by atoms with van der Waals surface area (Å²) in [5.74, 6) is -1.48. The Hall–Kier alpha value is -2.61. The molecule has 0 bridgehead atoms. The van der Waals surface area contributed by atoms with Gasteiger partial charge in [0.15, 0.2) is 0 Å². The summed E-state index contributed by atoms with van der Waals surface area (Å²) in [6.45, 7) is 0.574. The number of likely N-dealkylation sites (tertiary alicyclic amines) is 2. The second-order valence-corrected chi connectivity index (χ2v) is 9.96. The van der Waals surface area contributed by atoms with Gasteiger partial charge in [-0.3, -0.25) is 19.3 Å². The molecule has 168 valence electrons. The van der Waals surface area contributed by atoms with E-state index in [0.717, 1.165) is 43.5 Å². The number of halogens is 1. The van der Waals surface area contributed by atoms with E-state index < -0.39 is 17.1 Å². The number of amides is 3. The van der Waals surface area contributed by atoms with Gasteiger partial charge >= 0.3 is 0 Å². The maximum atomic E-state index is 15.0. The van der Waals surface area contributed by atoms with Gasteiger partial charge in [-0.05, 0) is 31.7 Å². The van der Waals surface area contributed by atoms with Crippen molar-refractivity contribution in [2.24, 2.45) is 0 Å². The molecule has 3 amide bonds. The van der Waals surface area contributed by atoms with Gasteiger partial charge in [-0.2, -0.15) is 0 Å². The molecule has 5 rings (SSSR count). The molecule has 3 heterocycles. The van der Waals surface area contributed by atoms with Crippen LogP contribution in [0.2, 0.25) is 0 Å². The van der Waals surface area contributed by atoms with Gasteiger partial charge in [-0.25, -0.2) is 9.37 Å². The molecule has 6 nitrogen and oxygen atoms in total. The van der Waals surface area contributed by atoms with Gasteiger partial charge < -0.3 is 4.90 Å². The van der Waals surface area contributed by atoms with Crippen molar-refractivity contribution in [1.29, 1.82) is 0 Å². The van der Waals surface area contributed by atoms with Crippen molar-refractivity contribution < 1.29 is 18.8 Å². The Bertz CT molecular complexity index is 1040. The van der Waals surface area contributed by atoms with Crippen molar-refractivity contribution in [2.75, 3.05) is 6.54 Å². The minimum Gasteiger partial charge on any atom is -0.333 e. The number of benzene rings is 1. The van der Waals surface area contributed by atoms with Crippen LogP contribution in [0.25, 0.3) is 0 Å². The number of nitrogens with zero attached hydrogens (tertiary/aromatic N) is 3. The van der Waals surface area contributed by atoms with Crippen LogP contribution in [-0.4, -0.2) is 45.1 Å². The quantitative estimate of drug-likeness (QED) is 0.640. The number of thiazole rings is 1. The minimum atomic E-state index is -1.49. The van der Waals surface area contributed by atoms with Crippen LogP contribution < -0.4 is 0 Å². The lowest BCUT2D eigenvalue weighted by Crippen LogP contribution is -2.46. The van der Waals surface area contributed by atoms with E-state index in [9.17, 15) is 14.4 Å². The first-order valence-electron chi connectivity index (χ1n) is 11.3. The molecule has 2 aliphatic heterocycles. The lowest BCUT2D eigenvalue weighted by Gasteiger charge is -2.32. The van der Waals surface area contributed by atoms with Crippen LogP contribution in [0.15, 0.2) is 35.8 Å². The Morgan fingerprint density at radius 3 is 2.66 bits per heavy atom. The van der Waals surface area contributed by atoms with Crippen molar-refractivity contribution >= 4 is 29.1 Å². The highest BCUT2D eigenvalue weighted by atomic mass is 32.1. The molecule has 8 heteroatoms. The van der Waals surface area contributed by atoms with E-state index in [-0.39, 0.29) is 42.3 Å². The Morgan fingerprint density at radius 2 is 1.94 bits per heavy atom. The third kappa shape index (κ3) is 3.45. The number of imide groups is 1. The topological polar surface area (TPSA) is 70.6 Å². The highest BCUT2D eigenvalue weighted by Crippen LogP contribution is 2.45. The van der Waals surface area contributed by atoms with E-state index >= 15 is 4.39 Å². The Kier molecular flexibility index (Phi) is 5.57. The van der Waals surface area contributed by atoms with Crippen LogP contribution >= 0.6 is 11.3 Å². The lowest BCUT2D eigenvalue weighted by atomic mass is 9.75. The largest absolute Gasteiger partial charge is 0.333 e. The molecular formula is C24H26FN3O3S. The average molecular weight is 456 g/mol. The van der Waals surface area contributed by atoms with Crippen molar-refractivity contribution in [3.63, 3.8) is 0 Å². The maximum absolute atomic E-state index is 15.0. The van der Waals surface area contributed by atoms with Gasteiger partial charge in [0.25, 0.3) is 0 Å². The molecule has 2 unspecified atom stereocenters. The summed E-state index contributed by atoms with van der Waals surface area (Å²) in [5, 5.41) is 2.76. The number of carbonyl (C=O) groups excluding carboxylic acids is 3. The fourth-order valence-corrected chi connectivity index (χ4v) is 6.45. The Morgan fingerprint density at radius 1 is 1.16 bits per heavy atom. The second kappa shape index (κ2) is 8.39. The second-order valence-electron chi connectivity index (χ2n) is 9.04. The van der Waals surface area contributed by atoms with Gasteiger partial charge in [0, 0.05) is 42.6 Å². The summed E-state index contributed by atoms with van der Waals surface area (Å²) in [6, 6.07) is 5.80. The first-order valence-corrected chi connectivity index (χ1v) is 12.2. The first-order chi connectivity index (χ1) is 15.5. The molecule has 1 saturated carbocycles. The van der Waals surface area contributed by atoms with Crippen molar-refractivity contribution in [2.45, 2.75) is 68.9 Å². The maximum Gasteiger partial charge on any atom is 0.241 e. The minimum absolute atomic E-state index is 0.127. The van der Waals surface area contributed by atoms with Gasteiger partial charge in [-0.1, -0.05) is 31.0 Å². The molecule has 0 radical (unpaired) electrons. The van der Waals surface area contributed by atoms with E-state index in [4.69, 9.17) is 0 Å². The summed E-state index contributed by atoms with van der Waals surface area (Å²) in [7, 11) is 0. The van der Waals surface area contributed by atoms with Crippen molar-refractivity contribution in [3.8, 4) is 0 Å². The standard InChI is InChI=1S/C24H26FN3O3S/c25-18-9-4-3-8-17(18)24(15-21(30)28(23(24)31)16-6-1-2-7-16)14-20(29)27-12-5-10-19(27)22-26-11-13-32-22/h3-4,8-9,11,13,16,19H,1-2,5-7,10,12,14-15H2. The van der Waals surface area contributed by atoms with Gasteiger partial charge in [0.2, 0.25) is 17.7 Å². The number of hydrogen-bond acceptors (Lipinski definition) is 5. The molecule has 0 N–H and O–H groups in total. The zero-order valence-electron chi connectivity index (χ0n) is 17.8. The predicted molar refractivity (Wildman–Crippen MR) is 117 cm³/mol. The number of rotatable bonds is 5. The molecule has 1 aromatic heterocycles. The molecule has 2 atom stereocenters. The normalized spacial score (nSPS) is 26.5. The van der Waals surface area contributed by atoms with E-state index in [0.29, 0.717) is 6.54 Å². The third-order valence-electron chi connectivity index (χ3n) is 7.19. The fraction of sp³-hybridized carbons (Fsp3) is 0.500. The molecule has 2 saturated heterocycles. The Labute approximate surface area is 190 Å². The van der Waals surface area contributed by atoms with E-state index in [1.54, 1.807) is 29.3 Å². The van der Waals surface area contributed by atoms with Crippen LogP contribution in [0.4, 0.5) is 4.39 Å². The monoisotopic (exact) mass is 455 g/mol. The molecule has 32 heavy (non-hydrogen) atoms. The zero-order chi connectivity index (χ0) is 22.3. The van der Waals surface area contributed by atoms with Crippen LogP contribution in [0, 0.1) is 5.82 Å². The van der Waals surface area contributed by atoms with Crippen LogP contribution in [0.1, 0.15) is 68.0 Å². The van der Waals surface area contributed by atoms with Gasteiger partial charge in [0.1, 0.15) is 10.8 Å². The van der Waals surface area contributed by atoms with Crippen LogP contribution in [0.3, 0.4) is 0 Å². The SMILES string of the molecule is O=C(CC1(c2ccccc2F)CC(=O)N(C2CCCC2)C1=O)N1CCCC1c1nccs1. The van der Waals surface area contributed by atoms with Crippen LogP contribution in [0.5, 0.6) is 0 Å². The van der Waals surface area contributed by atoms with Crippen LogP contribution in [-0.2, 0) is 19.8 Å². The highest BCUT2D eigenvalue weighted by Gasteiger charge is 2.57. The summed E-state index contributed by atoms with van der Waals surface area (Å²) in [4.78, 5) is 47.9. The molecule has 3 aliphatic rings. The molecule has 3 fully saturated rings. The molecule has 0 spiro atoms. The molecule has 1 aliphatic carbocycles. The summed E-state index contributed by atoms with van der Waals surface area (Å²) >= 11 is 1.51. The van der Waals surface area contributed by atoms with E-state index in [1.807, 2.05) is 5.38 Å². The zero-order valence-corrected chi connectivity index (χ0v) is 18.7. The molecular weight excluding hydrogens is 429 g/mol. The smallest absolute Gasteiger partial charge is 0.241 e. The predicted octanol–water partition coefficient (Wildman–Crippen LogP) is 3.98. The molecule has 2 aromatic rings. The summed E-state index contributed by atoms with van der Waals surface area (Å²) in [6.07, 6.45) is 6.51. The average Bonchev–Trinajstić information content (AvgIpc) is 3.57.